The molecule has 0 aliphatic heterocycles. The molecule has 0 saturated carbocycles. The Labute approximate surface area is 104 Å². The van der Waals surface area contributed by atoms with Crippen molar-refractivity contribution in [2.24, 2.45) is 5.92 Å². The van der Waals surface area contributed by atoms with Gasteiger partial charge in [-0.05, 0) is 18.1 Å². The molecule has 0 bridgehead atoms. The minimum absolute atomic E-state index is 0.0608. The van der Waals surface area contributed by atoms with Gasteiger partial charge < -0.3 is 5.11 Å². The first kappa shape index (κ1) is 12.2. The molecule has 0 aromatic carbocycles. The number of pyridine rings is 1. The summed E-state index contributed by atoms with van der Waals surface area (Å²) in [6.07, 6.45) is 1.62. The smallest absolute Gasteiger partial charge is 0.358 e. The van der Waals surface area contributed by atoms with E-state index < -0.39 is 5.97 Å². The maximum absolute atomic E-state index is 11.2. The molecule has 0 aliphatic carbocycles. The van der Waals surface area contributed by atoms with Crippen LogP contribution in [0.3, 0.4) is 0 Å². The molecule has 2 aromatic heterocycles. The maximum atomic E-state index is 11.2. The molecule has 18 heavy (non-hydrogen) atoms. The molecule has 6 heteroatoms. The SMILES string of the molecule is CC(C)Cn1nnc(C(=O)O)c1-c1ccccn1. The number of carboxylic acids is 1. The molecule has 0 aliphatic rings. The van der Waals surface area contributed by atoms with Crippen molar-refractivity contribution in [1.29, 1.82) is 0 Å². The Hall–Kier alpha value is -2.24. The highest BCUT2D eigenvalue weighted by atomic mass is 16.4. The fraction of sp³-hybridized carbons (Fsp3) is 0.333. The fourth-order valence-corrected chi connectivity index (χ4v) is 1.69. The van der Waals surface area contributed by atoms with E-state index in [0.717, 1.165) is 0 Å². The largest absolute Gasteiger partial charge is 0.476 e. The Morgan fingerprint density at radius 3 is 2.78 bits per heavy atom. The average molecular weight is 246 g/mol. The number of carboxylic acid groups (broad SMARTS) is 1. The van der Waals surface area contributed by atoms with Gasteiger partial charge in [0, 0.05) is 12.7 Å². The Morgan fingerprint density at radius 2 is 2.22 bits per heavy atom. The van der Waals surface area contributed by atoms with Gasteiger partial charge in [-0.15, -0.1) is 5.10 Å². The van der Waals surface area contributed by atoms with Gasteiger partial charge in [-0.2, -0.15) is 0 Å². The second-order valence-electron chi connectivity index (χ2n) is 4.38. The van der Waals surface area contributed by atoms with Gasteiger partial charge in [0.15, 0.2) is 5.69 Å². The van der Waals surface area contributed by atoms with Gasteiger partial charge >= 0.3 is 5.97 Å². The van der Waals surface area contributed by atoms with Gasteiger partial charge in [0.25, 0.3) is 0 Å². The summed E-state index contributed by atoms with van der Waals surface area (Å²) in [5, 5.41) is 16.7. The molecule has 0 fully saturated rings. The van der Waals surface area contributed by atoms with E-state index in [4.69, 9.17) is 5.11 Å². The molecule has 0 atom stereocenters. The molecule has 0 radical (unpaired) electrons. The number of carbonyl (C=O) groups is 1. The van der Waals surface area contributed by atoms with Crippen LogP contribution in [-0.4, -0.2) is 31.1 Å². The average Bonchev–Trinajstić information content (AvgIpc) is 2.73. The highest BCUT2D eigenvalue weighted by Gasteiger charge is 2.21. The summed E-state index contributed by atoms with van der Waals surface area (Å²) >= 11 is 0. The number of aromatic carboxylic acids is 1. The number of rotatable bonds is 4. The molecule has 2 aromatic rings. The van der Waals surface area contributed by atoms with Crippen LogP contribution in [-0.2, 0) is 6.54 Å². The first-order chi connectivity index (χ1) is 8.59. The van der Waals surface area contributed by atoms with E-state index in [1.165, 1.54) is 0 Å². The molecular weight excluding hydrogens is 232 g/mol. The minimum atomic E-state index is -1.09. The molecule has 6 nitrogen and oxygen atoms in total. The van der Waals surface area contributed by atoms with Gasteiger partial charge in [0.2, 0.25) is 0 Å². The van der Waals surface area contributed by atoms with Gasteiger partial charge in [-0.1, -0.05) is 25.1 Å². The van der Waals surface area contributed by atoms with Crippen molar-refractivity contribution in [3.63, 3.8) is 0 Å². The molecular formula is C12H14N4O2. The van der Waals surface area contributed by atoms with Crippen LogP contribution in [0.5, 0.6) is 0 Å². The van der Waals surface area contributed by atoms with Crippen molar-refractivity contribution >= 4 is 5.97 Å². The maximum Gasteiger partial charge on any atom is 0.358 e. The third kappa shape index (κ3) is 2.37. The van der Waals surface area contributed by atoms with Crippen LogP contribution in [0, 0.1) is 5.92 Å². The molecule has 0 spiro atoms. The Kier molecular flexibility index (Phi) is 3.36. The predicted molar refractivity (Wildman–Crippen MR) is 65.1 cm³/mol. The second kappa shape index (κ2) is 4.95. The summed E-state index contributed by atoms with van der Waals surface area (Å²) < 4.78 is 1.59. The van der Waals surface area contributed by atoms with Crippen LogP contribution in [0.4, 0.5) is 0 Å². The van der Waals surface area contributed by atoms with Crippen LogP contribution < -0.4 is 0 Å². The highest BCUT2D eigenvalue weighted by Crippen LogP contribution is 2.20. The van der Waals surface area contributed by atoms with E-state index in [1.54, 1.807) is 29.1 Å². The molecule has 0 unspecified atom stereocenters. The Balaban J connectivity index is 2.54. The highest BCUT2D eigenvalue weighted by molar-refractivity contribution is 5.92. The molecule has 0 saturated heterocycles. The zero-order valence-electron chi connectivity index (χ0n) is 10.2. The first-order valence-electron chi connectivity index (χ1n) is 5.67. The van der Waals surface area contributed by atoms with E-state index >= 15 is 0 Å². The lowest BCUT2D eigenvalue weighted by molar-refractivity contribution is 0.0691. The summed E-state index contributed by atoms with van der Waals surface area (Å²) in [4.78, 5) is 15.3. The van der Waals surface area contributed by atoms with Crippen molar-refractivity contribution in [3.8, 4) is 11.4 Å². The van der Waals surface area contributed by atoms with E-state index in [0.29, 0.717) is 23.9 Å². The van der Waals surface area contributed by atoms with Crippen LogP contribution in [0.1, 0.15) is 24.3 Å². The standard InChI is InChI=1S/C12H14N4O2/c1-8(2)7-16-11(9-5-3-4-6-13-9)10(12(17)18)14-15-16/h3-6,8H,7H2,1-2H3,(H,17,18). The summed E-state index contributed by atoms with van der Waals surface area (Å²) in [6, 6.07) is 5.34. The van der Waals surface area contributed by atoms with Crippen LogP contribution in [0.2, 0.25) is 0 Å². The van der Waals surface area contributed by atoms with Crippen molar-refractivity contribution in [2.45, 2.75) is 20.4 Å². The van der Waals surface area contributed by atoms with Crippen molar-refractivity contribution in [2.75, 3.05) is 0 Å². The molecule has 2 heterocycles. The summed E-state index contributed by atoms with van der Waals surface area (Å²) in [6.45, 7) is 4.67. The van der Waals surface area contributed by atoms with Crippen LogP contribution in [0.25, 0.3) is 11.4 Å². The van der Waals surface area contributed by atoms with Gasteiger partial charge in [-0.25, -0.2) is 9.48 Å². The Bertz CT molecular complexity index is 548. The summed E-state index contributed by atoms with van der Waals surface area (Å²) in [5.74, 6) is -0.749. The number of hydrogen-bond donors (Lipinski definition) is 1. The number of aromatic nitrogens is 4. The number of nitrogens with zero attached hydrogens (tertiary/aromatic N) is 4. The predicted octanol–water partition coefficient (Wildman–Crippen LogP) is 1.69. The van der Waals surface area contributed by atoms with E-state index in [9.17, 15) is 4.79 Å². The molecule has 1 N–H and O–H groups in total. The van der Waals surface area contributed by atoms with Crippen LogP contribution in [0.15, 0.2) is 24.4 Å². The van der Waals surface area contributed by atoms with Gasteiger partial charge in [-0.3, -0.25) is 4.98 Å². The first-order valence-corrected chi connectivity index (χ1v) is 5.67. The lowest BCUT2D eigenvalue weighted by atomic mass is 10.2. The summed E-state index contributed by atoms with van der Waals surface area (Å²) in [7, 11) is 0. The zero-order valence-corrected chi connectivity index (χ0v) is 10.2. The molecule has 94 valence electrons. The molecule has 0 amide bonds. The lowest BCUT2D eigenvalue weighted by Gasteiger charge is -2.08. The molecule has 2 rings (SSSR count). The zero-order chi connectivity index (χ0) is 13.1. The third-order valence-corrected chi connectivity index (χ3v) is 2.38. The van der Waals surface area contributed by atoms with E-state index in [2.05, 4.69) is 15.3 Å². The normalized spacial score (nSPS) is 10.8. The Morgan fingerprint density at radius 1 is 1.44 bits per heavy atom. The fourth-order valence-electron chi connectivity index (χ4n) is 1.69. The summed E-state index contributed by atoms with van der Waals surface area (Å²) in [5.41, 5.74) is 0.965. The van der Waals surface area contributed by atoms with Crippen LogP contribution >= 0.6 is 0 Å². The second-order valence-corrected chi connectivity index (χ2v) is 4.38. The van der Waals surface area contributed by atoms with Crippen molar-refractivity contribution in [1.82, 2.24) is 20.0 Å². The van der Waals surface area contributed by atoms with E-state index in [-0.39, 0.29) is 5.69 Å². The van der Waals surface area contributed by atoms with Crippen molar-refractivity contribution < 1.29 is 9.90 Å². The van der Waals surface area contributed by atoms with Gasteiger partial charge in [0.05, 0.1) is 5.69 Å². The topological polar surface area (TPSA) is 80.9 Å². The minimum Gasteiger partial charge on any atom is -0.476 e. The number of hydrogen-bond acceptors (Lipinski definition) is 4. The van der Waals surface area contributed by atoms with Gasteiger partial charge in [0.1, 0.15) is 5.69 Å². The monoisotopic (exact) mass is 246 g/mol. The quantitative estimate of drug-likeness (QED) is 0.887. The third-order valence-electron chi connectivity index (χ3n) is 2.38. The van der Waals surface area contributed by atoms with E-state index in [1.807, 2.05) is 13.8 Å². The lowest BCUT2D eigenvalue weighted by Crippen LogP contribution is -2.09. The van der Waals surface area contributed by atoms with Crippen molar-refractivity contribution in [3.05, 3.63) is 30.1 Å².